The number of hydrogen-bond donors (Lipinski definition) is 1. The van der Waals surface area contributed by atoms with Gasteiger partial charge in [0, 0.05) is 6.04 Å². The normalized spacial score (nSPS) is 25.5. The third kappa shape index (κ3) is 3.42. The van der Waals surface area contributed by atoms with Crippen molar-refractivity contribution < 1.29 is 4.74 Å². The van der Waals surface area contributed by atoms with Gasteiger partial charge in [0.2, 0.25) is 0 Å². The molecule has 1 aromatic carbocycles. The van der Waals surface area contributed by atoms with Gasteiger partial charge in [0.15, 0.2) is 0 Å². The van der Waals surface area contributed by atoms with Crippen LogP contribution in [0.4, 0.5) is 0 Å². The van der Waals surface area contributed by atoms with E-state index in [-0.39, 0.29) is 0 Å². The van der Waals surface area contributed by atoms with E-state index < -0.39 is 0 Å². The number of benzene rings is 1. The molecule has 21 heavy (non-hydrogen) atoms. The minimum absolute atomic E-state index is 0.577. The zero-order valence-electron chi connectivity index (χ0n) is 13.5. The summed E-state index contributed by atoms with van der Waals surface area (Å²) in [4.78, 5) is 0. The topological polar surface area (TPSA) is 21.3 Å². The Balaban J connectivity index is 1.82. The minimum atomic E-state index is 0.577. The maximum atomic E-state index is 6.06. The van der Waals surface area contributed by atoms with Crippen LogP contribution in [0.3, 0.4) is 0 Å². The first-order valence-corrected chi connectivity index (χ1v) is 8.73. The zero-order valence-corrected chi connectivity index (χ0v) is 13.5. The smallest absolute Gasteiger partial charge is 0.125 e. The average molecular weight is 287 g/mol. The molecule has 1 aromatic rings. The van der Waals surface area contributed by atoms with Crippen molar-refractivity contribution in [3.05, 3.63) is 29.3 Å². The fourth-order valence-electron chi connectivity index (χ4n) is 3.95. The Bertz CT molecular complexity index is 469. The lowest BCUT2D eigenvalue weighted by molar-refractivity contribution is 0.258. The highest BCUT2D eigenvalue weighted by Crippen LogP contribution is 2.43. The van der Waals surface area contributed by atoms with Gasteiger partial charge in [-0.05, 0) is 55.2 Å². The Morgan fingerprint density at radius 2 is 2.05 bits per heavy atom. The summed E-state index contributed by atoms with van der Waals surface area (Å²) in [6, 6.07) is 7.39. The van der Waals surface area contributed by atoms with Crippen molar-refractivity contribution in [2.45, 2.75) is 64.3 Å². The number of hydrogen-bond acceptors (Lipinski definition) is 2. The molecule has 0 radical (unpaired) electrons. The van der Waals surface area contributed by atoms with Gasteiger partial charge in [-0.1, -0.05) is 44.9 Å². The van der Waals surface area contributed by atoms with Gasteiger partial charge in [-0.3, -0.25) is 0 Å². The van der Waals surface area contributed by atoms with Crippen LogP contribution in [-0.4, -0.2) is 19.2 Å². The Labute approximate surface area is 129 Å². The molecule has 1 saturated carbocycles. The molecule has 1 heterocycles. The van der Waals surface area contributed by atoms with Crippen LogP contribution in [0.2, 0.25) is 0 Å². The van der Waals surface area contributed by atoms with Crippen molar-refractivity contribution in [2.75, 3.05) is 13.2 Å². The van der Waals surface area contributed by atoms with Gasteiger partial charge in [0.05, 0.1) is 6.61 Å². The summed E-state index contributed by atoms with van der Waals surface area (Å²) in [6.07, 6.45) is 7.78. The molecule has 0 saturated heterocycles. The number of rotatable bonds is 4. The monoisotopic (exact) mass is 287 g/mol. The summed E-state index contributed by atoms with van der Waals surface area (Å²) in [6.45, 7) is 6.52. The largest absolute Gasteiger partial charge is 0.493 e. The van der Waals surface area contributed by atoms with E-state index in [1.54, 1.807) is 0 Å². The van der Waals surface area contributed by atoms with Crippen molar-refractivity contribution in [3.8, 4) is 5.75 Å². The molecule has 3 rings (SSSR count). The number of aryl methyl sites for hydroxylation is 1. The molecular weight excluding hydrogens is 258 g/mol. The van der Waals surface area contributed by atoms with E-state index in [0.29, 0.717) is 12.0 Å². The van der Waals surface area contributed by atoms with Crippen LogP contribution in [0.5, 0.6) is 5.75 Å². The van der Waals surface area contributed by atoms with E-state index >= 15 is 0 Å². The van der Waals surface area contributed by atoms with E-state index in [0.717, 1.165) is 19.1 Å². The highest BCUT2D eigenvalue weighted by molar-refractivity contribution is 5.45. The van der Waals surface area contributed by atoms with Crippen LogP contribution in [0.25, 0.3) is 0 Å². The second-order valence-corrected chi connectivity index (χ2v) is 7.00. The number of nitrogens with one attached hydrogen (secondary N) is 1. The summed E-state index contributed by atoms with van der Waals surface area (Å²) in [5.41, 5.74) is 2.92. The molecule has 116 valence electrons. The van der Waals surface area contributed by atoms with E-state index in [9.17, 15) is 0 Å². The number of para-hydroxylation sites is 1. The number of fused-ring (bicyclic) bond motifs is 1. The van der Waals surface area contributed by atoms with Crippen molar-refractivity contribution >= 4 is 0 Å². The van der Waals surface area contributed by atoms with Gasteiger partial charge in [-0.2, -0.15) is 0 Å². The molecule has 1 fully saturated rings. The zero-order chi connectivity index (χ0) is 14.7. The molecule has 2 heteroatoms. The molecule has 1 N–H and O–H groups in total. The summed E-state index contributed by atoms with van der Waals surface area (Å²) >= 11 is 0. The summed E-state index contributed by atoms with van der Waals surface area (Å²) in [7, 11) is 0. The molecule has 0 amide bonds. The molecule has 0 aromatic heterocycles. The molecule has 2 nitrogen and oxygen atoms in total. The molecule has 1 aliphatic heterocycles. The fraction of sp³-hybridized carbons (Fsp3) is 0.684. The first-order chi connectivity index (χ1) is 10.3. The standard InChI is InChI=1S/C19H29NO/c1-14(2)20-13-16-7-3-4-10-17(16)18-11-5-8-15-9-6-12-21-19(15)18/h5,8,11,14,16-17,20H,3-4,6-7,9-10,12-13H2,1-2H3. The molecule has 2 aliphatic rings. The number of ether oxygens (including phenoxy) is 1. The predicted molar refractivity (Wildman–Crippen MR) is 88.1 cm³/mol. The Kier molecular flexibility index (Phi) is 4.84. The van der Waals surface area contributed by atoms with Crippen molar-refractivity contribution in [2.24, 2.45) is 5.92 Å². The lowest BCUT2D eigenvalue weighted by Crippen LogP contribution is -2.33. The van der Waals surface area contributed by atoms with Crippen LogP contribution in [0, 0.1) is 5.92 Å². The van der Waals surface area contributed by atoms with Crippen LogP contribution in [0.15, 0.2) is 18.2 Å². The first kappa shape index (κ1) is 14.9. The van der Waals surface area contributed by atoms with E-state index in [2.05, 4.69) is 37.4 Å². The third-order valence-corrected chi connectivity index (χ3v) is 5.06. The minimum Gasteiger partial charge on any atom is -0.493 e. The Hall–Kier alpha value is -1.02. The van der Waals surface area contributed by atoms with Gasteiger partial charge < -0.3 is 10.1 Å². The maximum absolute atomic E-state index is 6.06. The lowest BCUT2D eigenvalue weighted by Gasteiger charge is -2.34. The predicted octanol–water partition coefficient (Wildman–Crippen LogP) is 4.28. The van der Waals surface area contributed by atoms with Gasteiger partial charge in [-0.15, -0.1) is 0 Å². The molecule has 0 bridgehead atoms. The fourth-order valence-corrected chi connectivity index (χ4v) is 3.95. The second-order valence-electron chi connectivity index (χ2n) is 7.00. The summed E-state index contributed by atoms with van der Waals surface area (Å²) in [5, 5.41) is 3.65. The van der Waals surface area contributed by atoms with Gasteiger partial charge >= 0.3 is 0 Å². The first-order valence-electron chi connectivity index (χ1n) is 8.73. The highest BCUT2D eigenvalue weighted by Gasteiger charge is 2.30. The van der Waals surface area contributed by atoms with Crippen LogP contribution in [0.1, 0.15) is 63.0 Å². The molecule has 0 spiro atoms. The van der Waals surface area contributed by atoms with Gasteiger partial charge in [0.1, 0.15) is 5.75 Å². The third-order valence-electron chi connectivity index (χ3n) is 5.06. The average Bonchev–Trinajstić information content (AvgIpc) is 2.53. The molecule has 2 atom stereocenters. The highest BCUT2D eigenvalue weighted by atomic mass is 16.5. The maximum Gasteiger partial charge on any atom is 0.125 e. The van der Waals surface area contributed by atoms with Gasteiger partial charge in [-0.25, -0.2) is 0 Å². The van der Waals surface area contributed by atoms with Crippen molar-refractivity contribution in [1.82, 2.24) is 5.32 Å². The Morgan fingerprint density at radius 1 is 1.19 bits per heavy atom. The molecular formula is C19H29NO. The van der Waals surface area contributed by atoms with Crippen LogP contribution < -0.4 is 10.1 Å². The lowest BCUT2D eigenvalue weighted by atomic mass is 9.74. The Morgan fingerprint density at radius 3 is 2.90 bits per heavy atom. The second kappa shape index (κ2) is 6.83. The quantitative estimate of drug-likeness (QED) is 0.892. The SMILES string of the molecule is CC(C)NCC1CCCCC1c1cccc2c1OCCC2. The van der Waals surface area contributed by atoms with E-state index in [4.69, 9.17) is 4.74 Å². The van der Waals surface area contributed by atoms with E-state index in [1.165, 1.54) is 55.4 Å². The van der Waals surface area contributed by atoms with Crippen LogP contribution >= 0.6 is 0 Å². The summed E-state index contributed by atoms with van der Waals surface area (Å²) in [5.74, 6) is 2.67. The van der Waals surface area contributed by atoms with Crippen molar-refractivity contribution in [3.63, 3.8) is 0 Å². The van der Waals surface area contributed by atoms with E-state index in [1.807, 2.05) is 0 Å². The molecule has 2 unspecified atom stereocenters. The summed E-state index contributed by atoms with van der Waals surface area (Å²) < 4.78 is 6.06. The molecule has 1 aliphatic carbocycles. The van der Waals surface area contributed by atoms with Gasteiger partial charge in [0.25, 0.3) is 0 Å². The van der Waals surface area contributed by atoms with Crippen molar-refractivity contribution in [1.29, 1.82) is 0 Å². The van der Waals surface area contributed by atoms with Crippen LogP contribution in [-0.2, 0) is 6.42 Å².